The van der Waals surface area contributed by atoms with Crippen LogP contribution >= 0.6 is 0 Å². The lowest BCUT2D eigenvalue weighted by molar-refractivity contribution is -0.150. The molecular weight excluding hydrogens is 520 g/mol. The number of carboxylic acids is 1. The lowest BCUT2D eigenvalue weighted by Crippen LogP contribution is -2.18. The molecule has 0 aliphatic rings. The molecule has 0 aromatic carbocycles. The Morgan fingerprint density at radius 2 is 1.00 bits per heavy atom. The van der Waals surface area contributed by atoms with Crippen LogP contribution < -0.4 is 0 Å². The highest BCUT2D eigenvalue weighted by atomic mass is 16.5. The molecule has 0 fully saturated rings. The second kappa shape index (κ2) is 33.1. The van der Waals surface area contributed by atoms with E-state index in [4.69, 9.17) is 9.84 Å². The van der Waals surface area contributed by atoms with Gasteiger partial charge in [-0.25, -0.2) is 0 Å². The fourth-order valence-corrected chi connectivity index (χ4v) is 4.74. The van der Waals surface area contributed by atoms with Crippen LogP contribution in [-0.2, 0) is 14.3 Å². The molecule has 0 heterocycles. The van der Waals surface area contributed by atoms with Crippen LogP contribution in [-0.4, -0.2) is 23.1 Å². The fraction of sp³-hybridized carbons (Fsp3) is 0.684. The van der Waals surface area contributed by atoms with Crippen LogP contribution in [0.25, 0.3) is 0 Å². The number of unbranched alkanes of at least 4 members (excludes halogenated alkanes) is 11. The molecule has 0 spiro atoms. The van der Waals surface area contributed by atoms with Crippen molar-refractivity contribution >= 4 is 11.9 Å². The maximum atomic E-state index is 12.5. The molecule has 0 amide bonds. The summed E-state index contributed by atoms with van der Waals surface area (Å²) in [5.74, 6) is -0.730. The highest BCUT2D eigenvalue weighted by Crippen LogP contribution is 2.18. The number of carbonyl (C=O) groups excluding carboxylic acids is 1. The summed E-state index contributed by atoms with van der Waals surface area (Å²) in [5.41, 5.74) is 0. The summed E-state index contributed by atoms with van der Waals surface area (Å²) in [6.45, 7) is 4.37. The Balaban J connectivity index is 3.92. The van der Waals surface area contributed by atoms with Crippen LogP contribution in [0.1, 0.15) is 162 Å². The predicted octanol–water partition coefficient (Wildman–Crippen LogP) is 11.8. The lowest BCUT2D eigenvalue weighted by Gasteiger charge is -2.18. The van der Waals surface area contributed by atoms with Gasteiger partial charge in [0.05, 0.1) is 0 Å². The van der Waals surface area contributed by atoms with Gasteiger partial charge < -0.3 is 9.84 Å². The number of rotatable bonds is 30. The van der Waals surface area contributed by atoms with E-state index in [2.05, 4.69) is 74.6 Å². The van der Waals surface area contributed by atoms with Crippen LogP contribution in [0.4, 0.5) is 0 Å². The van der Waals surface area contributed by atoms with Gasteiger partial charge in [0.25, 0.3) is 0 Å². The fourth-order valence-electron chi connectivity index (χ4n) is 4.74. The largest absolute Gasteiger partial charge is 0.481 e. The second-order valence-electron chi connectivity index (χ2n) is 11.3. The summed E-state index contributed by atoms with van der Waals surface area (Å²) < 4.78 is 5.90. The van der Waals surface area contributed by atoms with Gasteiger partial charge in [-0.1, -0.05) is 126 Å². The van der Waals surface area contributed by atoms with E-state index < -0.39 is 5.97 Å². The zero-order valence-corrected chi connectivity index (χ0v) is 27.3. The summed E-state index contributed by atoms with van der Waals surface area (Å²) in [6.07, 6.45) is 45.3. The Morgan fingerprint density at radius 3 is 1.55 bits per heavy atom. The highest BCUT2D eigenvalue weighted by molar-refractivity contribution is 5.69. The Bertz CT molecular complexity index is 759. The zero-order chi connectivity index (χ0) is 30.8. The minimum absolute atomic E-state index is 0.0287. The maximum absolute atomic E-state index is 12.5. The zero-order valence-electron chi connectivity index (χ0n) is 27.3. The third-order valence-corrected chi connectivity index (χ3v) is 7.25. The van der Waals surface area contributed by atoms with Gasteiger partial charge in [0.1, 0.15) is 6.10 Å². The molecule has 0 aliphatic carbocycles. The minimum atomic E-state index is -0.701. The number of allylic oxidation sites excluding steroid dienone is 10. The Morgan fingerprint density at radius 1 is 0.548 bits per heavy atom. The van der Waals surface area contributed by atoms with Gasteiger partial charge in [-0.3, -0.25) is 9.59 Å². The van der Waals surface area contributed by atoms with Gasteiger partial charge in [-0.2, -0.15) is 0 Å². The van der Waals surface area contributed by atoms with Gasteiger partial charge in [-0.15, -0.1) is 0 Å². The number of hydrogen-bond acceptors (Lipinski definition) is 3. The third kappa shape index (κ3) is 32.2. The van der Waals surface area contributed by atoms with Gasteiger partial charge >= 0.3 is 11.9 Å². The number of aliphatic carboxylic acids is 1. The monoisotopic (exact) mass is 584 g/mol. The van der Waals surface area contributed by atoms with Crippen molar-refractivity contribution in [3.05, 3.63) is 60.8 Å². The van der Waals surface area contributed by atoms with Crippen molar-refractivity contribution in [2.24, 2.45) is 0 Å². The molecule has 1 unspecified atom stereocenters. The van der Waals surface area contributed by atoms with E-state index in [1.807, 2.05) is 0 Å². The normalized spacial score (nSPS) is 13.0. The average molecular weight is 585 g/mol. The van der Waals surface area contributed by atoms with E-state index >= 15 is 0 Å². The van der Waals surface area contributed by atoms with Gasteiger partial charge in [0, 0.05) is 12.8 Å². The third-order valence-electron chi connectivity index (χ3n) is 7.25. The molecule has 0 aliphatic heterocycles. The average Bonchev–Trinajstić information content (AvgIpc) is 2.97. The van der Waals surface area contributed by atoms with Gasteiger partial charge in [0.2, 0.25) is 0 Å². The summed E-state index contributed by atoms with van der Waals surface area (Å²) in [4.78, 5) is 23.1. The van der Waals surface area contributed by atoms with Crippen molar-refractivity contribution in [2.45, 2.75) is 168 Å². The van der Waals surface area contributed by atoms with E-state index in [-0.39, 0.29) is 18.5 Å². The molecule has 42 heavy (non-hydrogen) atoms. The number of hydrogen-bond donors (Lipinski definition) is 1. The first-order valence-corrected chi connectivity index (χ1v) is 17.3. The summed E-state index contributed by atoms with van der Waals surface area (Å²) in [5, 5.41) is 8.72. The molecule has 0 saturated carbocycles. The van der Waals surface area contributed by atoms with E-state index in [1.165, 1.54) is 19.3 Å². The molecule has 0 rings (SSSR count). The van der Waals surface area contributed by atoms with Gasteiger partial charge in [0.15, 0.2) is 0 Å². The topological polar surface area (TPSA) is 63.6 Å². The van der Waals surface area contributed by atoms with Crippen molar-refractivity contribution in [3.63, 3.8) is 0 Å². The van der Waals surface area contributed by atoms with Crippen LogP contribution in [0.15, 0.2) is 60.8 Å². The number of ether oxygens (including phenoxy) is 1. The molecule has 0 aromatic rings. The van der Waals surface area contributed by atoms with Crippen molar-refractivity contribution in [1.29, 1.82) is 0 Å². The molecule has 4 nitrogen and oxygen atoms in total. The number of esters is 1. The van der Waals surface area contributed by atoms with Gasteiger partial charge in [-0.05, 0) is 83.5 Å². The van der Waals surface area contributed by atoms with E-state index in [0.717, 1.165) is 116 Å². The Labute approximate surface area is 259 Å². The molecule has 1 N–H and O–H groups in total. The van der Waals surface area contributed by atoms with Crippen molar-refractivity contribution in [3.8, 4) is 0 Å². The van der Waals surface area contributed by atoms with E-state index in [9.17, 15) is 9.59 Å². The molecule has 0 saturated heterocycles. The summed E-state index contributed by atoms with van der Waals surface area (Å²) in [7, 11) is 0. The quantitative estimate of drug-likeness (QED) is 0.0518. The first kappa shape index (κ1) is 39.6. The summed E-state index contributed by atoms with van der Waals surface area (Å²) in [6, 6.07) is 0. The van der Waals surface area contributed by atoms with Crippen LogP contribution in [0.5, 0.6) is 0 Å². The Hall–Kier alpha value is -2.36. The van der Waals surface area contributed by atoms with E-state index in [0.29, 0.717) is 6.42 Å². The minimum Gasteiger partial charge on any atom is -0.481 e. The summed E-state index contributed by atoms with van der Waals surface area (Å²) >= 11 is 0. The molecule has 0 radical (unpaired) electrons. The van der Waals surface area contributed by atoms with Crippen LogP contribution in [0, 0.1) is 0 Å². The molecule has 0 bridgehead atoms. The van der Waals surface area contributed by atoms with Crippen LogP contribution in [0.3, 0.4) is 0 Å². The van der Waals surface area contributed by atoms with Crippen molar-refractivity contribution in [1.82, 2.24) is 0 Å². The number of carbonyl (C=O) groups is 2. The molecule has 1 atom stereocenters. The Kier molecular flexibility index (Phi) is 31.3. The molecule has 240 valence electrons. The second-order valence-corrected chi connectivity index (χ2v) is 11.3. The molecule has 0 aromatic heterocycles. The van der Waals surface area contributed by atoms with E-state index in [1.54, 1.807) is 0 Å². The first-order valence-electron chi connectivity index (χ1n) is 17.3. The van der Waals surface area contributed by atoms with Crippen molar-refractivity contribution in [2.75, 3.05) is 0 Å². The first-order chi connectivity index (χ1) is 20.6. The molecular formula is C38H64O4. The predicted molar refractivity (Wildman–Crippen MR) is 181 cm³/mol. The van der Waals surface area contributed by atoms with Crippen LogP contribution in [0.2, 0.25) is 0 Å². The van der Waals surface area contributed by atoms with Crippen molar-refractivity contribution < 1.29 is 19.4 Å². The lowest BCUT2D eigenvalue weighted by atomic mass is 10.0. The standard InChI is InChI=1S/C38H64O4/c1-3-5-7-9-10-11-12-13-14-15-16-17-18-19-20-21-22-27-31-35-38(41)42-36(32-28-8-6-4-2)33-29-25-23-24-26-30-34-37(39)40/h5,7,10-11,13-14,16-17,19-20,36H,3-4,6,8-9,12,15,18,21-35H2,1-2H3,(H,39,40)/b7-5-,11-10-,14-13-,17-16-,20-19-. The SMILES string of the molecule is CC/C=C\C/C=C\C/C=C\C/C=C\C/C=C\CCCCCC(=O)OC(CCCCCC)CCCCCCCCC(=O)O. The smallest absolute Gasteiger partial charge is 0.306 e. The maximum Gasteiger partial charge on any atom is 0.306 e. The molecule has 4 heteroatoms. The number of carboxylic acid groups (broad SMARTS) is 1. The highest BCUT2D eigenvalue weighted by Gasteiger charge is 2.14.